The summed E-state index contributed by atoms with van der Waals surface area (Å²) in [4.78, 5) is 25.5. The van der Waals surface area contributed by atoms with E-state index in [1.807, 2.05) is 20.8 Å². The van der Waals surface area contributed by atoms with E-state index in [1.54, 1.807) is 4.90 Å². The third-order valence-electron chi connectivity index (χ3n) is 5.52. The summed E-state index contributed by atoms with van der Waals surface area (Å²) < 4.78 is 11.5. The first-order valence-corrected chi connectivity index (χ1v) is 8.17. The SMILES string of the molecule is CC(C)(C)OC(=O)N1CCC2(CC1)OC1(CN)CC2(C(=O)[O-])C1.[K+]. The van der Waals surface area contributed by atoms with Crippen LogP contribution in [0.2, 0.25) is 0 Å². The van der Waals surface area contributed by atoms with Gasteiger partial charge in [0.15, 0.2) is 0 Å². The normalized spacial score (nSPS) is 33.6. The molecule has 2 bridgehead atoms. The fourth-order valence-corrected chi connectivity index (χ4v) is 4.43. The van der Waals surface area contributed by atoms with Crippen molar-refractivity contribution in [2.45, 2.75) is 63.3 Å². The van der Waals surface area contributed by atoms with Gasteiger partial charge in [-0.05, 0) is 46.5 Å². The zero-order valence-corrected chi connectivity index (χ0v) is 18.1. The minimum atomic E-state index is -1.05. The Hall–Kier alpha value is 0.296. The van der Waals surface area contributed by atoms with Gasteiger partial charge in [0.1, 0.15) is 5.60 Å². The summed E-state index contributed by atoms with van der Waals surface area (Å²) in [6.45, 7) is 6.62. The van der Waals surface area contributed by atoms with E-state index in [0.29, 0.717) is 45.3 Å². The maximum atomic E-state index is 12.2. The molecule has 24 heavy (non-hydrogen) atoms. The van der Waals surface area contributed by atoms with Crippen LogP contribution in [0.3, 0.4) is 0 Å². The molecule has 4 rings (SSSR count). The van der Waals surface area contributed by atoms with Gasteiger partial charge in [-0.3, -0.25) is 0 Å². The molecular formula is C16H25KN2O5. The van der Waals surface area contributed by atoms with Gasteiger partial charge < -0.3 is 30.0 Å². The Morgan fingerprint density at radius 2 is 1.79 bits per heavy atom. The fraction of sp³-hybridized carbons (Fsp3) is 0.875. The van der Waals surface area contributed by atoms with Crippen molar-refractivity contribution in [2.75, 3.05) is 19.6 Å². The van der Waals surface area contributed by atoms with Gasteiger partial charge in [-0.25, -0.2) is 4.79 Å². The molecule has 3 aliphatic heterocycles. The number of nitrogens with zero attached hydrogens (tertiary/aromatic N) is 1. The molecular weight excluding hydrogens is 339 g/mol. The Balaban J connectivity index is 0.00000208. The van der Waals surface area contributed by atoms with Gasteiger partial charge in [-0.15, -0.1) is 0 Å². The van der Waals surface area contributed by atoms with E-state index in [4.69, 9.17) is 15.2 Å². The Kier molecular flexibility index (Phi) is 5.56. The summed E-state index contributed by atoms with van der Waals surface area (Å²) in [6, 6.07) is 0. The first-order valence-electron chi connectivity index (χ1n) is 8.17. The standard InChI is InChI=1S/C16H26N2O5.K/c1-13(2,3)22-12(21)18-6-4-16(5-7-18)15(11(19)20)8-14(9-15,10-17)23-16;/h4-10,17H2,1-3H3,(H,19,20);/q;+1/p-1. The van der Waals surface area contributed by atoms with E-state index < -0.39 is 28.2 Å². The van der Waals surface area contributed by atoms with Crippen molar-refractivity contribution in [1.82, 2.24) is 4.90 Å². The van der Waals surface area contributed by atoms with Gasteiger partial charge in [-0.2, -0.15) is 0 Å². The van der Waals surface area contributed by atoms with Gasteiger partial charge in [0.05, 0.1) is 17.2 Å². The number of ether oxygens (including phenoxy) is 2. The average Bonchev–Trinajstić information content (AvgIpc) is 2.82. The molecule has 1 saturated carbocycles. The quantitative estimate of drug-likeness (QED) is 0.524. The van der Waals surface area contributed by atoms with E-state index in [9.17, 15) is 14.7 Å². The number of likely N-dealkylation sites (tertiary alicyclic amines) is 1. The summed E-state index contributed by atoms with van der Waals surface area (Å²) >= 11 is 0. The molecule has 0 radical (unpaired) electrons. The molecule has 8 heteroatoms. The van der Waals surface area contributed by atoms with E-state index >= 15 is 0 Å². The largest absolute Gasteiger partial charge is 1.00 e. The minimum absolute atomic E-state index is 0. The van der Waals surface area contributed by atoms with Crippen molar-refractivity contribution in [3.8, 4) is 0 Å². The van der Waals surface area contributed by atoms with Gasteiger partial charge in [0.2, 0.25) is 0 Å². The number of carboxylic acid groups (broad SMARTS) is 1. The third-order valence-corrected chi connectivity index (χ3v) is 5.52. The Labute approximate surface area is 185 Å². The molecule has 0 unspecified atom stereocenters. The molecule has 7 nitrogen and oxygen atoms in total. The van der Waals surface area contributed by atoms with Crippen molar-refractivity contribution >= 4 is 12.1 Å². The number of carbonyl (C=O) groups excluding carboxylic acids is 2. The number of carbonyl (C=O) groups is 2. The van der Waals surface area contributed by atoms with E-state index in [2.05, 4.69) is 0 Å². The van der Waals surface area contributed by atoms with E-state index in [0.717, 1.165) is 0 Å². The van der Waals surface area contributed by atoms with E-state index in [1.165, 1.54) is 0 Å². The molecule has 4 fully saturated rings. The van der Waals surface area contributed by atoms with Gasteiger partial charge in [-0.1, -0.05) is 0 Å². The summed E-state index contributed by atoms with van der Waals surface area (Å²) in [5, 5.41) is 11.8. The zero-order chi connectivity index (χ0) is 17.1. The number of carboxylic acids is 1. The Morgan fingerprint density at radius 1 is 1.25 bits per heavy atom. The van der Waals surface area contributed by atoms with Crippen LogP contribution in [0.25, 0.3) is 0 Å². The zero-order valence-electron chi connectivity index (χ0n) is 15.0. The van der Waals surface area contributed by atoms with Crippen molar-refractivity contribution in [1.29, 1.82) is 0 Å². The van der Waals surface area contributed by atoms with Crippen LogP contribution in [-0.4, -0.2) is 53.4 Å². The Bertz CT molecular complexity index is 531. The topological polar surface area (TPSA) is 105 Å². The maximum absolute atomic E-state index is 12.2. The van der Waals surface area contributed by atoms with Gasteiger partial charge in [0.25, 0.3) is 0 Å². The molecule has 0 atom stereocenters. The number of amides is 1. The van der Waals surface area contributed by atoms with Crippen LogP contribution in [-0.2, 0) is 14.3 Å². The summed E-state index contributed by atoms with van der Waals surface area (Å²) in [5.41, 5.74) is 3.00. The van der Waals surface area contributed by atoms with Crippen molar-refractivity contribution in [2.24, 2.45) is 11.1 Å². The summed E-state index contributed by atoms with van der Waals surface area (Å²) in [7, 11) is 0. The predicted octanol–water partition coefficient (Wildman–Crippen LogP) is -2.98. The van der Waals surface area contributed by atoms with Crippen LogP contribution < -0.4 is 62.2 Å². The molecule has 3 heterocycles. The second kappa shape index (κ2) is 6.47. The number of hydrogen-bond acceptors (Lipinski definition) is 6. The predicted molar refractivity (Wildman–Crippen MR) is 79.3 cm³/mol. The van der Waals surface area contributed by atoms with Crippen LogP contribution in [0.15, 0.2) is 0 Å². The van der Waals surface area contributed by atoms with Crippen LogP contribution in [0.4, 0.5) is 4.79 Å². The number of rotatable bonds is 2. The monoisotopic (exact) mass is 364 g/mol. The maximum Gasteiger partial charge on any atom is 1.00 e. The first kappa shape index (κ1) is 20.6. The molecule has 0 aromatic heterocycles. The number of piperidine rings is 1. The molecule has 1 amide bonds. The molecule has 2 N–H and O–H groups in total. The molecule has 4 aliphatic rings. The van der Waals surface area contributed by atoms with Crippen molar-refractivity contribution in [3.63, 3.8) is 0 Å². The van der Waals surface area contributed by atoms with Crippen molar-refractivity contribution in [3.05, 3.63) is 0 Å². The van der Waals surface area contributed by atoms with Gasteiger partial charge >= 0.3 is 57.5 Å². The first-order chi connectivity index (χ1) is 10.6. The Morgan fingerprint density at radius 3 is 2.21 bits per heavy atom. The molecule has 130 valence electrons. The average molecular weight is 364 g/mol. The molecule has 0 aromatic rings. The van der Waals surface area contributed by atoms with E-state index in [-0.39, 0.29) is 57.5 Å². The number of nitrogens with two attached hydrogens (primary N) is 1. The van der Waals surface area contributed by atoms with Crippen LogP contribution in [0, 0.1) is 5.41 Å². The molecule has 3 saturated heterocycles. The third kappa shape index (κ3) is 3.08. The molecule has 1 aliphatic carbocycles. The number of aliphatic carboxylic acids is 1. The summed E-state index contributed by atoms with van der Waals surface area (Å²) in [5.74, 6) is -1.05. The van der Waals surface area contributed by atoms with Crippen LogP contribution in [0.5, 0.6) is 0 Å². The molecule has 0 aromatic carbocycles. The smallest absolute Gasteiger partial charge is 0.549 e. The minimum Gasteiger partial charge on any atom is -0.549 e. The van der Waals surface area contributed by atoms with Crippen molar-refractivity contribution < 1.29 is 75.6 Å². The second-order valence-electron chi connectivity index (χ2n) is 8.17. The van der Waals surface area contributed by atoms with Gasteiger partial charge in [0, 0.05) is 25.0 Å². The van der Waals surface area contributed by atoms with Crippen LogP contribution >= 0.6 is 0 Å². The summed E-state index contributed by atoms with van der Waals surface area (Å²) in [6.07, 6.45) is 1.43. The molecule has 1 spiro atoms. The van der Waals surface area contributed by atoms with Crippen LogP contribution in [0.1, 0.15) is 46.5 Å². The fourth-order valence-electron chi connectivity index (χ4n) is 4.43. The number of hydrogen-bond donors (Lipinski definition) is 1. The second-order valence-corrected chi connectivity index (χ2v) is 8.17.